The normalized spacial score (nSPS) is 11.1. The summed E-state index contributed by atoms with van der Waals surface area (Å²) in [5, 5.41) is 29.0. The molecule has 0 spiro atoms. The van der Waals surface area contributed by atoms with Crippen molar-refractivity contribution in [2.24, 2.45) is 10.8 Å². The number of hydrogen-bond donors (Lipinski definition) is 5. The van der Waals surface area contributed by atoms with Crippen molar-refractivity contribution in [1.29, 1.82) is 0 Å². The summed E-state index contributed by atoms with van der Waals surface area (Å²) in [6.07, 6.45) is -1.41. The van der Waals surface area contributed by atoms with Gasteiger partial charge in [0, 0.05) is 57.8 Å². The van der Waals surface area contributed by atoms with Gasteiger partial charge in [0.1, 0.15) is 0 Å². The highest BCUT2D eigenvalue weighted by molar-refractivity contribution is 6.05. The van der Waals surface area contributed by atoms with Crippen LogP contribution >= 0.6 is 0 Å². The lowest BCUT2D eigenvalue weighted by Crippen LogP contribution is -2.44. The number of aromatic hydroxyl groups is 1. The number of azide groups is 1. The predicted molar refractivity (Wildman–Crippen MR) is 223 cm³/mol. The van der Waals surface area contributed by atoms with Gasteiger partial charge in [0.15, 0.2) is 28.8 Å². The van der Waals surface area contributed by atoms with Crippen molar-refractivity contribution in [1.82, 2.24) is 5.32 Å². The van der Waals surface area contributed by atoms with Crippen molar-refractivity contribution in [3.8, 4) is 11.5 Å². The standard InChI is InChI=1S/C45H40N6O10/c1-25(2)61-42-32(15-20-35(41(42)56)38(53)21-26-5-9-31(10-6-26)45(59)60)23-37(52)28-7-3-27(4-8-28)22-39(54)36(24-40(46)55)49-44(58)30-11-16-33(17-12-30)48-43(57)29-13-18-34(19-14-29)50-51-47/h3-20,25,36,56H,21-24H2,1-2H3,(H2,46,55)(H,48,57)(H,49,58)(H,59,60)/t36-/m0/s1. The molecule has 61 heavy (non-hydrogen) atoms. The molecular formula is C45H40N6O10. The summed E-state index contributed by atoms with van der Waals surface area (Å²) in [5.74, 6) is -4.78. The van der Waals surface area contributed by atoms with Crippen LogP contribution in [0.1, 0.15) is 88.7 Å². The predicted octanol–water partition coefficient (Wildman–Crippen LogP) is 6.71. The van der Waals surface area contributed by atoms with Crippen LogP contribution in [0.25, 0.3) is 10.4 Å². The first-order valence-corrected chi connectivity index (χ1v) is 18.8. The maximum Gasteiger partial charge on any atom is 0.335 e. The van der Waals surface area contributed by atoms with Crippen molar-refractivity contribution < 1.29 is 48.5 Å². The second-order valence-electron chi connectivity index (χ2n) is 14.1. The van der Waals surface area contributed by atoms with Crippen LogP contribution < -0.4 is 21.1 Å². The minimum Gasteiger partial charge on any atom is -0.504 e. The number of anilines is 1. The quantitative estimate of drug-likeness (QED) is 0.0254. The number of primary amides is 1. The smallest absolute Gasteiger partial charge is 0.335 e. The largest absolute Gasteiger partial charge is 0.504 e. The molecule has 1 atom stereocenters. The fourth-order valence-electron chi connectivity index (χ4n) is 6.13. The highest BCUT2D eigenvalue weighted by Crippen LogP contribution is 2.36. The minimum atomic E-state index is -1.27. The second-order valence-corrected chi connectivity index (χ2v) is 14.1. The van der Waals surface area contributed by atoms with Crippen molar-refractivity contribution in [3.05, 3.63) is 164 Å². The minimum absolute atomic E-state index is 0.0186. The second kappa shape index (κ2) is 20.0. The van der Waals surface area contributed by atoms with E-state index in [0.29, 0.717) is 33.6 Å². The third kappa shape index (κ3) is 12.0. The SMILES string of the molecule is CC(C)Oc1c(CC(=O)c2ccc(CC(=O)[C@H](CC(N)=O)NC(=O)c3ccc(NC(=O)c4ccc(N=[N+]=[N-])cc4)cc3)cc2)ccc(C(=O)Cc2ccc(C(=O)O)cc2)c1O. The van der Waals surface area contributed by atoms with Crippen LogP contribution in [-0.4, -0.2) is 63.4 Å². The van der Waals surface area contributed by atoms with Crippen LogP contribution in [0.4, 0.5) is 11.4 Å². The van der Waals surface area contributed by atoms with E-state index in [0.717, 1.165) is 0 Å². The number of benzene rings is 5. The molecule has 0 fully saturated rings. The van der Waals surface area contributed by atoms with Gasteiger partial charge in [-0.15, -0.1) is 0 Å². The Morgan fingerprint density at radius 3 is 1.84 bits per heavy atom. The molecule has 3 amide bonds. The number of aromatic carboxylic acids is 1. The number of carbonyl (C=O) groups is 7. The van der Waals surface area contributed by atoms with Gasteiger partial charge in [0.05, 0.1) is 29.7 Å². The molecule has 6 N–H and O–H groups in total. The summed E-state index contributed by atoms with van der Waals surface area (Å²) >= 11 is 0. The van der Waals surface area contributed by atoms with E-state index in [4.69, 9.17) is 21.1 Å². The number of ether oxygens (including phenoxy) is 1. The average molecular weight is 825 g/mol. The Kier molecular flexibility index (Phi) is 14.5. The number of rotatable bonds is 19. The molecule has 0 radical (unpaired) electrons. The number of nitrogens with two attached hydrogens (primary N) is 1. The summed E-state index contributed by atoms with van der Waals surface area (Å²) in [7, 11) is 0. The highest BCUT2D eigenvalue weighted by atomic mass is 16.5. The summed E-state index contributed by atoms with van der Waals surface area (Å²) in [5.41, 5.74) is 16.8. The summed E-state index contributed by atoms with van der Waals surface area (Å²) < 4.78 is 5.86. The molecule has 0 aliphatic rings. The third-order valence-electron chi connectivity index (χ3n) is 9.23. The molecule has 0 heterocycles. The van der Waals surface area contributed by atoms with Gasteiger partial charge in [-0.1, -0.05) is 59.7 Å². The molecule has 5 aromatic carbocycles. The number of carboxylic acid groups (broad SMARTS) is 1. The van der Waals surface area contributed by atoms with Gasteiger partial charge in [-0.2, -0.15) is 0 Å². The van der Waals surface area contributed by atoms with E-state index in [-0.39, 0.29) is 53.0 Å². The highest BCUT2D eigenvalue weighted by Gasteiger charge is 2.25. The molecule has 5 aromatic rings. The Labute approximate surface area is 349 Å². The van der Waals surface area contributed by atoms with Gasteiger partial charge >= 0.3 is 5.97 Å². The van der Waals surface area contributed by atoms with Crippen molar-refractivity contribution in [2.75, 3.05) is 5.32 Å². The fraction of sp³-hybridized carbons (Fsp3) is 0.178. The van der Waals surface area contributed by atoms with Crippen LogP contribution in [0.2, 0.25) is 0 Å². The Morgan fingerprint density at radius 2 is 1.26 bits per heavy atom. The molecule has 0 unspecified atom stereocenters. The molecule has 0 aliphatic carbocycles. The monoisotopic (exact) mass is 824 g/mol. The number of phenols is 1. The molecule has 16 nitrogen and oxygen atoms in total. The number of hydrogen-bond acceptors (Lipinski definition) is 10. The Bertz CT molecular complexity index is 2530. The van der Waals surface area contributed by atoms with Crippen LogP contribution in [0.15, 0.2) is 114 Å². The molecule has 0 saturated carbocycles. The maximum atomic E-state index is 13.4. The van der Waals surface area contributed by atoms with Crippen LogP contribution in [0.5, 0.6) is 11.5 Å². The van der Waals surface area contributed by atoms with E-state index in [1.807, 2.05) is 0 Å². The number of ketones is 3. The third-order valence-corrected chi connectivity index (χ3v) is 9.23. The van der Waals surface area contributed by atoms with Gasteiger partial charge in [0.25, 0.3) is 11.8 Å². The first-order valence-electron chi connectivity index (χ1n) is 18.8. The lowest BCUT2D eigenvalue weighted by Gasteiger charge is -2.18. The van der Waals surface area contributed by atoms with Crippen LogP contribution in [0, 0.1) is 0 Å². The van der Waals surface area contributed by atoms with Gasteiger partial charge in [-0.05, 0) is 85.1 Å². The summed E-state index contributed by atoms with van der Waals surface area (Å²) in [6.45, 7) is 3.45. The van der Waals surface area contributed by atoms with E-state index >= 15 is 0 Å². The first kappa shape index (κ1) is 44.0. The lowest BCUT2D eigenvalue weighted by atomic mass is 9.95. The number of nitrogens with one attached hydrogen (secondary N) is 2. The van der Waals surface area contributed by atoms with Gasteiger partial charge in [-0.25, -0.2) is 4.79 Å². The number of amides is 3. The van der Waals surface area contributed by atoms with E-state index < -0.39 is 59.6 Å². The van der Waals surface area contributed by atoms with Gasteiger partial charge < -0.3 is 31.3 Å². The molecule has 0 aromatic heterocycles. The molecular weight excluding hydrogens is 785 g/mol. The van der Waals surface area contributed by atoms with Crippen LogP contribution in [-0.2, 0) is 28.9 Å². The number of carbonyl (C=O) groups excluding carboxylic acids is 6. The number of phenolic OH excluding ortho intramolecular Hbond substituents is 1. The number of carboxylic acids is 1. The van der Waals surface area contributed by atoms with E-state index in [1.165, 1.54) is 97.1 Å². The number of Topliss-reactive ketones (excluding diaryl/α,β-unsaturated/α-hetero) is 3. The Morgan fingerprint density at radius 1 is 0.705 bits per heavy atom. The lowest BCUT2D eigenvalue weighted by molar-refractivity contribution is -0.125. The number of nitrogens with zero attached hydrogens (tertiary/aromatic N) is 3. The molecule has 0 bridgehead atoms. The summed E-state index contributed by atoms with van der Waals surface area (Å²) in [6, 6.07) is 25.4. The maximum absolute atomic E-state index is 13.4. The molecule has 0 aliphatic heterocycles. The summed E-state index contributed by atoms with van der Waals surface area (Å²) in [4.78, 5) is 91.5. The van der Waals surface area contributed by atoms with Crippen molar-refractivity contribution in [3.63, 3.8) is 0 Å². The zero-order valence-corrected chi connectivity index (χ0v) is 33.0. The van der Waals surface area contributed by atoms with Crippen molar-refractivity contribution in [2.45, 2.75) is 51.7 Å². The zero-order valence-electron chi connectivity index (χ0n) is 33.0. The molecule has 5 rings (SSSR count). The topological polar surface area (TPSA) is 268 Å². The fourth-order valence-corrected chi connectivity index (χ4v) is 6.13. The molecule has 16 heteroatoms. The molecule has 310 valence electrons. The zero-order chi connectivity index (χ0) is 44.2. The van der Waals surface area contributed by atoms with Gasteiger partial charge in [0.2, 0.25) is 5.91 Å². The van der Waals surface area contributed by atoms with E-state index in [2.05, 4.69) is 20.7 Å². The first-order chi connectivity index (χ1) is 29.1. The Balaban J connectivity index is 1.21. The Hall–Kier alpha value is -8.10. The van der Waals surface area contributed by atoms with E-state index in [1.54, 1.807) is 26.0 Å². The van der Waals surface area contributed by atoms with Gasteiger partial charge in [-0.3, -0.25) is 28.8 Å². The van der Waals surface area contributed by atoms with Crippen LogP contribution in [0.3, 0.4) is 0 Å². The molecule has 0 saturated heterocycles. The average Bonchev–Trinajstić information content (AvgIpc) is 3.22. The van der Waals surface area contributed by atoms with E-state index in [9.17, 15) is 38.7 Å². The van der Waals surface area contributed by atoms with Crippen molar-refractivity contribution >= 4 is 52.4 Å².